The van der Waals surface area contributed by atoms with E-state index < -0.39 is 5.41 Å². The molecule has 2 N–H and O–H groups in total. The van der Waals surface area contributed by atoms with Crippen LogP contribution in [0, 0.1) is 0 Å². The second-order valence-electron chi connectivity index (χ2n) is 6.65. The molecule has 2 amide bonds. The van der Waals surface area contributed by atoms with E-state index in [1.54, 1.807) is 18.0 Å². The summed E-state index contributed by atoms with van der Waals surface area (Å²) in [6, 6.07) is 14.8. The number of amides is 2. The maximum Gasteiger partial charge on any atom is 0.240 e. The van der Waals surface area contributed by atoms with Crippen LogP contribution in [-0.2, 0) is 15.0 Å². The molecule has 1 aromatic heterocycles. The summed E-state index contributed by atoms with van der Waals surface area (Å²) in [6.07, 6.45) is 1.72. The molecule has 1 spiro atoms. The van der Waals surface area contributed by atoms with Gasteiger partial charge in [-0.05, 0) is 35.9 Å². The molecule has 7 heteroatoms. The number of fused-ring (bicyclic) bond motifs is 4. The van der Waals surface area contributed by atoms with Crippen LogP contribution in [0.3, 0.4) is 0 Å². The monoisotopic (exact) mass is 360 g/mol. The lowest BCUT2D eigenvalue weighted by atomic mass is 9.72. The summed E-state index contributed by atoms with van der Waals surface area (Å²) < 4.78 is 6.83. The first kappa shape index (κ1) is 15.6. The van der Waals surface area contributed by atoms with Gasteiger partial charge in [-0.3, -0.25) is 9.59 Å². The molecule has 0 fully saturated rings. The highest BCUT2D eigenvalue weighted by molar-refractivity contribution is 6.14. The van der Waals surface area contributed by atoms with Crippen molar-refractivity contribution in [3.63, 3.8) is 0 Å². The Labute approximate surface area is 155 Å². The van der Waals surface area contributed by atoms with Crippen LogP contribution in [-0.4, -0.2) is 28.7 Å². The molecular weight excluding hydrogens is 344 g/mol. The van der Waals surface area contributed by atoms with E-state index in [2.05, 4.69) is 15.7 Å². The standard InChI is InChI=1S/C20H16N4O3/c1-27-13-8-6-12(7-9-13)24-18-15(11-21-24)20(10-17(25)23-18)14-4-2-3-5-16(14)22-19(20)26/h2-9,11H,10H2,1H3,(H,22,26)(H,23,25)/t20-/m0/s1. The van der Waals surface area contributed by atoms with Gasteiger partial charge < -0.3 is 15.4 Å². The van der Waals surface area contributed by atoms with E-state index in [-0.39, 0.29) is 18.2 Å². The topological polar surface area (TPSA) is 85.2 Å². The minimum atomic E-state index is -1.06. The lowest BCUT2D eigenvalue weighted by Crippen LogP contribution is -2.43. The predicted molar refractivity (Wildman–Crippen MR) is 99.2 cm³/mol. The van der Waals surface area contributed by atoms with E-state index in [1.165, 1.54) is 0 Å². The zero-order chi connectivity index (χ0) is 18.6. The largest absolute Gasteiger partial charge is 0.497 e. The van der Waals surface area contributed by atoms with Gasteiger partial charge in [0.05, 0.1) is 19.0 Å². The molecule has 0 radical (unpaired) electrons. The van der Waals surface area contributed by atoms with Gasteiger partial charge in [-0.1, -0.05) is 18.2 Å². The fraction of sp³-hybridized carbons (Fsp3) is 0.150. The fourth-order valence-corrected chi connectivity index (χ4v) is 3.97. The number of methoxy groups -OCH3 is 1. The van der Waals surface area contributed by atoms with Crippen LogP contribution in [0.2, 0.25) is 0 Å². The Bertz CT molecular complexity index is 1090. The summed E-state index contributed by atoms with van der Waals surface area (Å²) in [4.78, 5) is 25.6. The first-order valence-electron chi connectivity index (χ1n) is 8.57. The van der Waals surface area contributed by atoms with Crippen molar-refractivity contribution in [1.82, 2.24) is 9.78 Å². The van der Waals surface area contributed by atoms with Gasteiger partial charge >= 0.3 is 0 Å². The number of aromatic nitrogens is 2. The molecule has 0 saturated carbocycles. The van der Waals surface area contributed by atoms with E-state index in [0.717, 1.165) is 22.7 Å². The van der Waals surface area contributed by atoms with Crippen LogP contribution >= 0.6 is 0 Å². The van der Waals surface area contributed by atoms with E-state index >= 15 is 0 Å². The van der Waals surface area contributed by atoms with Gasteiger partial charge in [0.25, 0.3) is 0 Å². The van der Waals surface area contributed by atoms with Crippen LogP contribution in [0.25, 0.3) is 5.69 Å². The number of benzene rings is 2. The zero-order valence-electron chi connectivity index (χ0n) is 14.5. The number of hydrogen-bond donors (Lipinski definition) is 2. The molecule has 2 aliphatic rings. The lowest BCUT2D eigenvalue weighted by Gasteiger charge is -2.31. The van der Waals surface area contributed by atoms with E-state index in [1.807, 2.05) is 48.5 Å². The molecule has 2 aliphatic heterocycles. The van der Waals surface area contributed by atoms with Gasteiger partial charge in [0, 0.05) is 17.7 Å². The summed E-state index contributed by atoms with van der Waals surface area (Å²) in [5, 5.41) is 10.3. The summed E-state index contributed by atoms with van der Waals surface area (Å²) >= 11 is 0. The molecular formula is C20H16N4O3. The first-order valence-corrected chi connectivity index (χ1v) is 8.57. The molecule has 0 unspecified atom stereocenters. The smallest absolute Gasteiger partial charge is 0.240 e. The summed E-state index contributed by atoms with van der Waals surface area (Å²) in [5.74, 6) is 0.825. The third-order valence-electron chi connectivity index (χ3n) is 5.25. The molecule has 0 aliphatic carbocycles. The van der Waals surface area contributed by atoms with Crippen molar-refractivity contribution in [2.75, 3.05) is 17.7 Å². The second-order valence-corrected chi connectivity index (χ2v) is 6.65. The highest BCUT2D eigenvalue weighted by Crippen LogP contribution is 2.49. The number of hydrogen-bond acceptors (Lipinski definition) is 4. The van der Waals surface area contributed by atoms with Gasteiger partial charge in [0.15, 0.2) is 0 Å². The van der Waals surface area contributed by atoms with Gasteiger partial charge in [-0.2, -0.15) is 5.10 Å². The average molecular weight is 360 g/mol. The number of para-hydroxylation sites is 1. The Balaban J connectivity index is 1.71. The number of nitrogens with zero attached hydrogens (tertiary/aromatic N) is 2. The molecule has 0 bridgehead atoms. The van der Waals surface area contributed by atoms with Crippen LogP contribution < -0.4 is 15.4 Å². The van der Waals surface area contributed by atoms with Crippen LogP contribution in [0.4, 0.5) is 11.5 Å². The van der Waals surface area contributed by atoms with Crippen molar-refractivity contribution >= 4 is 23.3 Å². The van der Waals surface area contributed by atoms with Gasteiger partial charge in [-0.25, -0.2) is 4.68 Å². The average Bonchev–Trinajstić information content (AvgIpc) is 3.22. The predicted octanol–water partition coefficient (Wildman–Crippen LogP) is 2.46. The molecule has 3 aromatic rings. The van der Waals surface area contributed by atoms with Crippen molar-refractivity contribution in [2.45, 2.75) is 11.8 Å². The fourth-order valence-electron chi connectivity index (χ4n) is 3.97. The number of carbonyl (C=O) groups excluding carboxylic acids is 2. The Kier molecular flexibility index (Phi) is 3.15. The molecule has 27 heavy (non-hydrogen) atoms. The van der Waals surface area contributed by atoms with Crippen molar-refractivity contribution in [3.05, 3.63) is 65.9 Å². The third-order valence-corrected chi connectivity index (χ3v) is 5.25. The van der Waals surface area contributed by atoms with Gasteiger partial charge in [0.1, 0.15) is 17.0 Å². The summed E-state index contributed by atoms with van der Waals surface area (Å²) in [5.41, 5.74) is 1.95. The maximum atomic E-state index is 13.0. The minimum Gasteiger partial charge on any atom is -0.497 e. The van der Waals surface area contributed by atoms with Crippen molar-refractivity contribution in [1.29, 1.82) is 0 Å². The normalized spacial score (nSPS) is 20.0. The Morgan fingerprint density at radius 3 is 2.59 bits per heavy atom. The Morgan fingerprint density at radius 2 is 1.81 bits per heavy atom. The Hall–Kier alpha value is -3.61. The highest BCUT2D eigenvalue weighted by Gasteiger charge is 2.54. The summed E-state index contributed by atoms with van der Waals surface area (Å²) in [7, 11) is 1.60. The first-order chi connectivity index (χ1) is 13.1. The van der Waals surface area contributed by atoms with Gasteiger partial charge in [0.2, 0.25) is 11.8 Å². The number of carbonyl (C=O) groups is 2. The number of rotatable bonds is 2. The van der Waals surface area contributed by atoms with Crippen LogP contribution in [0.15, 0.2) is 54.7 Å². The maximum absolute atomic E-state index is 13.0. The van der Waals surface area contributed by atoms with Gasteiger partial charge in [-0.15, -0.1) is 0 Å². The Morgan fingerprint density at radius 1 is 1.04 bits per heavy atom. The summed E-state index contributed by atoms with van der Waals surface area (Å²) in [6.45, 7) is 0. The van der Waals surface area contributed by atoms with E-state index in [0.29, 0.717) is 11.4 Å². The molecule has 2 aromatic carbocycles. The van der Waals surface area contributed by atoms with Crippen LogP contribution in [0.1, 0.15) is 17.5 Å². The highest BCUT2D eigenvalue weighted by atomic mass is 16.5. The van der Waals surface area contributed by atoms with Crippen molar-refractivity contribution < 1.29 is 14.3 Å². The second kappa shape index (κ2) is 5.44. The molecule has 5 rings (SSSR count). The number of anilines is 2. The lowest BCUT2D eigenvalue weighted by molar-refractivity contribution is -0.125. The van der Waals surface area contributed by atoms with Crippen molar-refractivity contribution in [3.8, 4) is 11.4 Å². The number of nitrogens with one attached hydrogen (secondary N) is 2. The molecule has 0 saturated heterocycles. The van der Waals surface area contributed by atoms with E-state index in [4.69, 9.17) is 4.74 Å². The molecule has 7 nitrogen and oxygen atoms in total. The number of ether oxygens (including phenoxy) is 1. The van der Waals surface area contributed by atoms with Crippen LogP contribution in [0.5, 0.6) is 5.75 Å². The SMILES string of the molecule is COc1ccc(-n2ncc3c2NC(=O)C[C@@]32C(=O)Nc3ccccc32)cc1. The quantitative estimate of drug-likeness (QED) is 0.735. The minimum absolute atomic E-state index is 0.0527. The molecule has 3 heterocycles. The third kappa shape index (κ3) is 2.05. The van der Waals surface area contributed by atoms with E-state index in [9.17, 15) is 9.59 Å². The van der Waals surface area contributed by atoms with Crippen molar-refractivity contribution in [2.24, 2.45) is 0 Å². The zero-order valence-corrected chi connectivity index (χ0v) is 14.5. The molecule has 1 atom stereocenters. The molecule has 134 valence electrons.